The van der Waals surface area contributed by atoms with E-state index < -0.39 is 0 Å². The number of nitrogens with zero attached hydrogens (tertiary/aromatic N) is 3. The number of hydrogen-bond acceptors (Lipinski definition) is 3. The molecule has 0 spiro atoms. The Balaban J connectivity index is 0.000000531. The minimum Gasteiger partial charge on any atom is -0.253 e. The highest BCUT2D eigenvalue weighted by atomic mass is 14.8. The van der Waals surface area contributed by atoms with Crippen molar-refractivity contribution in [1.29, 1.82) is 0 Å². The fourth-order valence-electron chi connectivity index (χ4n) is 1.38. The largest absolute Gasteiger partial charge is 0.253 e. The van der Waals surface area contributed by atoms with Crippen molar-refractivity contribution in [3.63, 3.8) is 0 Å². The summed E-state index contributed by atoms with van der Waals surface area (Å²) in [6.07, 6.45) is 5.12. The normalized spacial score (nSPS) is 9.93. The molecule has 0 fully saturated rings. The predicted octanol–water partition coefficient (Wildman–Crippen LogP) is 3.17. The van der Waals surface area contributed by atoms with Crippen molar-refractivity contribution in [2.45, 2.75) is 33.6 Å². The SMILES string of the molecule is CC.CC(C)c1ccnc2cncnc12. The number of fused-ring (bicyclic) bond motifs is 1. The molecule has 0 amide bonds. The fraction of sp³-hybridized carbons (Fsp3) is 0.417. The van der Waals surface area contributed by atoms with E-state index in [9.17, 15) is 0 Å². The second kappa shape index (κ2) is 5.39. The molecule has 80 valence electrons. The first-order chi connectivity index (χ1) is 7.29. The molecule has 0 N–H and O–H groups in total. The Morgan fingerprint density at radius 1 is 1.13 bits per heavy atom. The zero-order valence-corrected chi connectivity index (χ0v) is 9.73. The summed E-state index contributed by atoms with van der Waals surface area (Å²) >= 11 is 0. The van der Waals surface area contributed by atoms with Crippen LogP contribution in [0.25, 0.3) is 11.0 Å². The molecular weight excluding hydrogens is 186 g/mol. The molecule has 0 aliphatic carbocycles. The van der Waals surface area contributed by atoms with Crippen LogP contribution in [0.2, 0.25) is 0 Å². The first-order valence-electron chi connectivity index (χ1n) is 5.33. The van der Waals surface area contributed by atoms with Crippen molar-refractivity contribution in [2.75, 3.05) is 0 Å². The van der Waals surface area contributed by atoms with Gasteiger partial charge in [-0.1, -0.05) is 27.7 Å². The quantitative estimate of drug-likeness (QED) is 0.714. The zero-order chi connectivity index (χ0) is 11.3. The van der Waals surface area contributed by atoms with E-state index in [1.54, 1.807) is 18.7 Å². The molecule has 3 nitrogen and oxygen atoms in total. The standard InChI is InChI=1S/C10H11N3.C2H6/c1-7(2)8-3-4-12-9-5-11-6-13-10(8)9;1-2/h3-7H,1-2H3;1-2H3. The second-order valence-electron chi connectivity index (χ2n) is 3.31. The maximum atomic E-state index is 4.23. The molecule has 0 unspecified atom stereocenters. The molecule has 3 heteroatoms. The van der Waals surface area contributed by atoms with Crippen molar-refractivity contribution in [3.05, 3.63) is 30.4 Å². The van der Waals surface area contributed by atoms with Crippen LogP contribution in [-0.4, -0.2) is 15.0 Å². The summed E-state index contributed by atoms with van der Waals surface area (Å²) in [6.45, 7) is 8.30. The summed E-state index contributed by atoms with van der Waals surface area (Å²) in [6, 6.07) is 2.01. The van der Waals surface area contributed by atoms with E-state index in [1.165, 1.54) is 5.56 Å². The van der Waals surface area contributed by atoms with Gasteiger partial charge in [-0.25, -0.2) is 9.97 Å². The molecule has 2 aromatic rings. The molecule has 0 aliphatic rings. The third kappa shape index (κ3) is 2.49. The van der Waals surface area contributed by atoms with E-state index in [-0.39, 0.29) is 0 Å². The highest BCUT2D eigenvalue weighted by Gasteiger charge is 2.05. The van der Waals surface area contributed by atoms with Crippen LogP contribution in [0.3, 0.4) is 0 Å². The molecule has 2 aromatic heterocycles. The van der Waals surface area contributed by atoms with Gasteiger partial charge in [0, 0.05) is 6.20 Å². The summed E-state index contributed by atoms with van der Waals surface area (Å²) in [5.74, 6) is 0.473. The van der Waals surface area contributed by atoms with Gasteiger partial charge >= 0.3 is 0 Å². The van der Waals surface area contributed by atoms with Gasteiger partial charge in [0.25, 0.3) is 0 Å². The Kier molecular flexibility index (Phi) is 4.16. The predicted molar refractivity (Wildman–Crippen MR) is 62.8 cm³/mol. The van der Waals surface area contributed by atoms with E-state index in [0.717, 1.165) is 11.0 Å². The molecule has 0 saturated heterocycles. The molecule has 0 radical (unpaired) electrons. The van der Waals surface area contributed by atoms with Crippen LogP contribution < -0.4 is 0 Å². The van der Waals surface area contributed by atoms with Crippen molar-refractivity contribution in [1.82, 2.24) is 15.0 Å². The van der Waals surface area contributed by atoms with E-state index in [2.05, 4.69) is 28.8 Å². The first kappa shape index (κ1) is 11.6. The number of rotatable bonds is 1. The van der Waals surface area contributed by atoms with Gasteiger partial charge in [0.2, 0.25) is 0 Å². The van der Waals surface area contributed by atoms with Gasteiger partial charge in [-0.15, -0.1) is 0 Å². The molecule has 0 aliphatic heterocycles. The van der Waals surface area contributed by atoms with Gasteiger partial charge in [-0.3, -0.25) is 4.98 Å². The smallest absolute Gasteiger partial charge is 0.116 e. The van der Waals surface area contributed by atoms with Gasteiger partial charge in [0.1, 0.15) is 11.8 Å². The monoisotopic (exact) mass is 203 g/mol. The third-order valence-electron chi connectivity index (χ3n) is 2.06. The maximum Gasteiger partial charge on any atom is 0.116 e. The number of aromatic nitrogens is 3. The first-order valence-corrected chi connectivity index (χ1v) is 5.33. The van der Waals surface area contributed by atoms with Crippen LogP contribution in [0.15, 0.2) is 24.8 Å². The van der Waals surface area contributed by atoms with Crippen molar-refractivity contribution < 1.29 is 0 Å². The molecule has 0 aromatic carbocycles. The summed E-state index contributed by atoms with van der Waals surface area (Å²) < 4.78 is 0. The Morgan fingerprint density at radius 3 is 2.53 bits per heavy atom. The zero-order valence-electron chi connectivity index (χ0n) is 9.73. The highest BCUT2D eigenvalue weighted by molar-refractivity contribution is 5.76. The van der Waals surface area contributed by atoms with Gasteiger partial charge in [-0.05, 0) is 17.5 Å². The summed E-state index contributed by atoms with van der Waals surface area (Å²) in [7, 11) is 0. The van der Waals surface area contributed by atoms with Crippen LogP contribution in [-0.2, 0) is 0 Å². The van der Waals surface area contributed by atoms with Gasteiger partial charge < -0.3 is 0 Å². The Labute approximate surface area is 90.6 Å². The van der Waals surface area contributed by atoms with Gasteiger partial charge in [0.05, 0.1) is 11.7 Å². The van der Waals surface area contributed by atoms with E-state index >= 15 is 0 Å². The van der Waals surface area contributed by atoms with Crippen LogP contribution in [0.5, 0.6) is 0 Å². The van der Waals surface area contributed by atoms with E-state index in [1.807, 2.05) is 19.9 Å². The van der Waals surface area contributed by atoms with E-state index in [0.29, 0.717) is 5.92 Å². The minimum absolute atomic E-state index is 0.473. The van der Waals surface area contributed by atoms with E-state index in [4.69, 9.17) is 0 Å². The summed E-state index contributed by atoms with van der Waals surface area (Å²) in [5, 5.41) is 0. The molecule has 0 atom stereocenters. The fourth-order valence-corrected chi connectivity index (χ4v) is 1.38. The molecular formula is C12H17N3. The Morgan fingerprint density at radius 2 is 1.87 bits per heavy atom. The minimum atomic E-state index is 0.473. The average Bonchev–Trinajstić information content (AvgIpc) is 2.31. The molecule has 0 bridgehead atoms. The average molecular weight is 203 g/mol. The van der Waals surface area contributed by atoms with Gasteiger partial charge in [-0.2, -0.15) is 0 Å². The summed E-state index contributed by atoms with van der Waals surface area (Å²) in [5.41, 5.74) is 3.06. The molecule has 2 rings (SSSR count). The highest BCUT2D eigenvalue weighted by Crippen LogP contribution is 2.20. The lowest BCUT2D eigenvalue weighted by Crippen LogP contribution is -1.93. The number of pyridine rings is 1. The van der Waals surface area contributed by atoms with Crippen molar-refractivity contribution >= 4 is 11.0 Å². The topological polar surface area (TPSA) is 38.7 Å². The molecule has 15 heavy (non-hydrogen) atoms. The third-order valence-corrected chi connectivity index (χ3v) is 2.06. The van der Waals surface area contributed by atoms with Crippen LogP contribution >= 0.6 is 0 Å². The lowest BCUT2D eigenvalue weighted by molar-refractivity contribution is 0.869. The van der Waals surface area contributed by atoms with Crippen LogP contribution in [0.4, 0.5) is 0 Å². The van der Waals surface area contributed by atoms with Crippen molar-refractivity contribution in [2.24, 2.45) is 0 Å². The van der Waals surface area contributed by atoms with Crippen LogP contribution in [0.1, 0.15) is 39.2 Å². The second-order valence-corrected chi connectivity index (χ2v) is 3.31. The van der Waals surface area contributed by atoms with Gasteiger partial charge in [0.15, 0.2) is 0 Å². The Bertz CT molecular complexity index is 419. The summed E-state index contributed by atoms with van der Waals surface area (Å²) in [4.78, 5) is 12.4. The molecule has 2 heterocycles. The Hall–Kier alpha value is -1.51. The lowest BCUT2D eigenvalue weighted by Gasteiger charge is -2.06. The number of hydrogen-bond donors (Lipinski definition) is 0. The maximum absolute atomic E-state index is 4.23. The van der Waals surface area contributed by atoms with Crippen molar-refractivity contribution in [3.8, 4) is 0 Å². The lowest BCUT2D eigenvalue weighted by atomic mass is 10.0. The van der Waals surface area contributed by atoms with Crippen LogP contribution in [0, 0.1) is 0 Å². The molecule has 0 saturated carbocycles.